The maximum absolute atomic E-state index is 12.1. The van der Waals surface area contributed by atoms with Crippen LogP contribution in [0.3, 0.4) is 0 Å². The monoisotopic (exact) mass is 273 g/mol. The van der Waals surface area contributed by atoms with Crippen LogP contribution in [-0.4, -0.2) is 36.5 Å². The Bertz CT molecular complexity index is 496. The van der Waals surface area contributed by atoms with Gasteiger partial charge in [-0.25, -0.2) is 0 Å². The van der Waals surface area contributed by atoms with E-state index in [0.29, 0.717) is 0 Å². The average Bonchev–Trinajstić information content (AvgIpc) is 3.19. The number of fused-ring (bicyclic) bond motifs is 1. The van der Waals surface area contributed by atoms with Gasteiger partial charge in [0, 0.05) is 37.8 Å². The van der Waals surface area contributed by atoms with Crippen LogP contribution in [0.15, 0.2) is 18.2 Å². The quantitative estimate of drug-likeness (QED) is 0.825. The number of benzene rings is 1. The standard InChI is InChI=1S/C16H23N3O/c1-2-19(15-5-6-15)8-7-18-16(20)12-3-4-13-10-17-11-14(13)9-12/h3-4,9,15,17H,2,5-8,10-11H2,1H3,(H,18,20). The lowest BCUT2D eigenvalue weighted by Gasteiger charge is -2.19. The van der Waals surface area contributed by atoms with Crippen molar-refractivity contribution in [3.8, 4) is 0 Å². The highest BCUT2D eigenvalue weighted by Crippen LogP contribution is 2.25. The number of carbonyl (C=O) groups is 1. The molecule has 1 saturated carbocycles. The third-order valence-electron chi connectivity index (χ3n) is 4.25. The van der Waals surface area contributed by atoms with Gasteiger partial charge in [-0.3, -0.25) is 9.69 Å². The number of hydrogen-bond acceptors (Lipinski definition) is 3. The van der Waals surface area contributed by atoms with E-state index in [0.717, 1.165) is 44.3 Å². The summed E-state index contributed by atoms with van der Waals surface area (Å²) in [5.41, 5.74) is 3.35. The van der Waals surface area contributed by atoms with Crippen LogP contribution in [0, 0.1) is 0 Å². The van der Waals surface area contributed by atoms with Crippen molar-refractivity contribution in [3.63, 3.8) is 0 Å². The maximum atomic E-state index is 12.1. The first-order chi connectivity index (χ1) is 9.78. The van der Waals surface area contributed by atoms with Crippen LogP contribution >= 0.6 is 0 Å². The number of nitrogens with one attached hydrogen (secondary N) is 2. The molecule has 2 aliphatic rings. The Hall–Kier alpha value is -1.39. The minimum Gasteiger partial charge on any atom is -0.351 e. The van der Waals surface area contributed by atoms with E-state index in [-0.39, 0.29) is 5.91 Å². The lowest BCUT2D eigenvalue weighted by atomic mass is 10.1. The summed E-state index contributed by atoms with van der Waals surface area (Å²) in [4.78, 5) is 14.6. The molecule has 1 fully saturated rings. The minimum absolute atomic E-state index is 0.0477. The molecule has 0 bridgehead atoms. The molecule has 3 rings (SSSR count). The van der Waals surface area contributed by atoms with Gasteiger partial charge in [0.05, 0.1) is 0 Å². The van der Waals surface area contributed by atoms with Crippen LogP contribution in [0.1, 0.15) is 41.3 Å². The maximum Gasteiger partial charge on any atom is 0.251 e. The van der Waals surface area contributed by atoms with Crippen LogP contribution in [0.4, 0.5) is 0 Å². The Morgan fingerprint density at radius 1 is 1.35 bits per heavy atom. The zero-order valence-corrected chi connectivity index (χ0v) is 12.1. The van der Waals surface area contributed by atoms with E-state index >= 15 is 0 Å². The Labute approximate surface area is 120 Å². The number of hydrogen-bond donors (Lipinski definition) is 2. The summed E-state index contributed by atoms with van der Waals surface area (Å²) in [5, 5.41) is 6.34. The molecule has 0 atom stereocenters. The van der Waals surface area contributed by atoms with Crippen LogP contribution in [-0.2, 0) is 13.1 Å². The summed E-state index contributed by atoms with van der Waals surface area (Å²) in [6.07, 6.45) is 2.64. The largest absolute Gasteiger partial charge is 0.351 e. The normalized spacial score (nSPS) is 17.3. The number of carbonyl (C=O) groups excluding carboxylic acids is 1. The SMILES string of the molecule is CCN(CCNC(=O)c1ccc2c(c1)CNC2)C1CC1. The van der Waals surface area contributed by atoms with E-state index in [1.807, 2.05) is 12.1 Å². The molecule has 1 heterocycles. The first-order valence-electron chi connectivity index (χ1n) is 7.62. The summed E-state index contributed by atoms with van der Waals surface area (Å²) in [6.45, 7) is 6.75. The molecule has 1 aromatic carbocycles. The number of nitrogens with zero attached hydrogens (tertiary/aromatic N) is 1. The smallest absolute Gasteiger partial charge is 0.251 e. The van der Waals surface area contributed by atoms with Gasteiger partial charge < -0.3 is 10.6 Å². The van der Waals surface area contributed by atoms with E-state index in [1.165, 1.54) is 24.0 Å². The van der Waals surface area contributed by atoms with E-state index in [2.05, 4.69) is 28.5 Å². The fraction of sp³-hybridized carbons (Fsp3) is 0.562. The number of rotatable bonds is 6. The van der Waals surface area contributed by atoms with Gasteiger partial charge in [0.25, 0.3) is 5.91 Å². The van der Waals surface area contributed by atoms with E-state index in [9.17, 15) is 4.79 Å². The summed E-state index contributed by atoms with van der Waals surface area (Å²) >= 11 is 0. The molecule has 1 aromatic rings. The van der Waals surface area contributed by atoms with Crippen molar-refractivity contribution in [1.29, 1.82) is 0 Å². The van der Waals surface area contributed by atoms with Crippen LogP contribution in [0.25, 0.3) is 0 Å². The topological polar surface area (TPSA) is 44.4 Å². The molecule has 2 N–H and O–H groups in total. The molecule has 20 heavy (non-hydrogen) atoms. The fourth-order valence-corrected chi connectivity index (χ4v) is 2.89. The Kier molecular flexibility index (Phi) is 4.03. The van der Waals surface area contributed by atoms with E-state index in [1.54, 1.807) is 0 Å². The van der Waals surface area contributed by atoms with Crippen molar-refractivity contribution in [2.45, 2.75) is 38.9 Å². The summed E-state index contributed by atoms with van der Waals surface area (Å²) in [5.74, 6) is 0.0477. The van der Waals surface area contributed by atoms with Gasteiger partial charge in [-0.1, -0.05) is 13.0 Å². The zero-order valence-electron chi connectivity index (χ0n) is 12.1. The molecule has 1 aliphatic heterocycles. The fourth-order valence-electron chi connectivity index (χ4n) is 2.89. The molecule has 1 amide bonds. The average molecular weight is 273 g/mol. The van der Waals surface area contributed by atoms with Gasteiger partial charge in [0.2, 0.25) is 0 Å². The Morgan fingerprint density at radius 3 is 2.90 bits per heavy atom. The lowest BCUT2D eigenvalue weighted by Crippen LogP contribution is -2.36. The van der Waals surface area contributed by atoms with Gasteiger partial charge in [0.15, 0.2) is 0 Å². The predicted octanol–water partition coefficient (Wildman–Crippen LogP) is 1.50. The number of likely N-dealkylation sites (N-methyl/N-ethyl adjacent to an activating group) is 1. The molecular weight excluding hydrogens is 250 g/mol. The van der Waals surface area contributed by atoms with Crippen molar-refractivity contribution in [1.82, 2.24) is 15.5 Å². The molecule has 0 radical (unpaired) electrons. The second-order valence-corrected chi connectivity index (χ2v) is 5.70. The molecule has 0 spiro atoms. The highest BCUT2D eigenvalue weighted by Gasteiger charge is 2.27. The van der Waals surface area contributed by atoms with Crippen molar-refractivity contribution in [3.05, 3.63) is 34.9 Å². The van der Waals surface area contributed by atoms with Gasteiger partial charge >= 0.3 is 0 Å². The molecule has 4 nitrogen and oxygen atoms in total. The van der Waals surface area contributed by atoms with Crippen molar-refractivity contribution >= 4 is 5.91 Å². The first kappa shape index (κ1) is 13.6. The Balaban J connectivity index is 1.51. The molecular formula is C16H23N3O. The highest BCUT2D eigenvalue weighted by molar-refractivity contribution is 5.94. The van der Waals surface area contributed by atoms with Gasteiger partial charge in [-0.2, -0.15) is 0 Å². The van der Waals surface area contributed by atoms with Crippen molar-refractivity contribution < 1.29 is 4.79 Å². The molecule has 0 saturated heterocycles. The second-order valence-electron chi connectivity index (χ2n) is 5.70. The predicted molar refractivity (Wildman–Crippen MR) is 79.6 cm³/mol. The van der Waals surface area contributed by atoms with Gasteiger partial charge in [-0.05, 0) is 42.6 Å². The van der Waals surface area contributed by atoms with Crippen molar-refractivity contribution in [2.75, 3.05) is 19.6 Å². The van der Waals surface area contributed by atoms with Gasteiger partial charge in [0.1, 0.15) is 0 Å². The molecule has 4 heteroatoms. The van der Waals surface area contributed by atoms with Crippen LogP contribution in [0.5, 0.6) is 0 Å². The van der Waals surface area contributed by atoms with Crippen LogP contribution in [0.2, 0.25) is 0 Å². The zero-order chi connectivity index (χ0) is 13.9. The third-order valence-corrected chi connectivity index (χ3v) is 4.25. The minimum atomic E-state index is 0.0477. The van der Waals surface area contributed by atoms with E-state index in [4.69, 9.17) is 0 Å². The lowest BCUT2D eigenvalue weighted by molar-refractivity contribution is 0.0948. The second kappa shape index (κ2) is 5.94. The van der Waals surface area contributed by atoms with Crippen LogP contribution < -0.4 is 10.6 Å². The first-order valence-corrected chi connectivity index (χ1v) is 7.62. The molecule has 0 aromatic heterocycles. The summed E-state index contributed by atoms with van der Waals surface area (Å²) < 4.78 is 0. The number of amides is 1. The highest BCUT2D eigenvalue weighted by atomic mass is 16.1. The third kappa shape index (κ3) is 3.02. The molecule has 108 valence electrons. The summed E-state index contributed by atoms with van der Waals surface area (Å²) in [7, 11) is 0. The Morgan fingerprint density at radius 2 is 2.15 bits per heavy atom. The van der Waals surface area contributed by atoms with E-state index < -0.39 is 0 Å². The summed E-state index contributed by atoms with van der Waals surface area (Å²) in [6, 6.07) is 6.78. The van der Waals surface area contributed by atoms with Gasteiger partial charge in [-0.15, -0.1) is 0 Å². The molecule has 0 unspecified atom stereocenters. The van der Waals surface area contributed by atoms with Crippen molar-refractivity contribution in [2.24, 2.45) is 0 Å². The molecule has 1 aliphatic carbocycles.